The van der Waals surface area contributed by atoms with Gasteiger partial charge in [-0.25, -0.2) is 0 Å². The molecule has 5 heteroatoms. The summed E-state index contributed by atoms with van der Waals surface area (Å²) in [5.74, 6) is -0.150. The van der Waals surface area contributed by atoms with Crippen molar-refractivity contribution in [1.82, 2.24) is 0 Å². The molecule has 0 unspecified atom stereocenters. The zero-order chi connectivity index (χ0) is 10.8. The normalized spacial score (nSPS) is 10.2. The standard InChI is InChI=1S/C10H7NO2S2/c11-9(13-10(12)14)7-1-2-8-6(5-7)3-4-15-8/h1-5,11H,(H,12,14)/p+1. The summed E-state index contributed by atoms with van der Waals surface area (Å²) in [4.78, 5) is 10.6. The quantitative estimate of drug-likeness (QED) is 0.359. The van der Waals surface area contributed by atoms with Crippen LogP contribution < -0.4 is 0 Å². The minimum absolute atomic E-state index is 0.150. The SMILES string of the molecule is N=C(OC(=O)[SH2+])c1ccc2sccc2c1. The third-order valence-corrected chi connectivity index (χ3v) is 2.91. The van der Waals surface area contributed by atoms with Crippen molar-refractivity contribution in [2.75, 3.05) is 0 Å². The van der Waals surface area contributed by atoms with Crippen molar-refractivity contribution in [3.8, 4) is 0 Å². The Hall–Kier alpha value is -1.33. The smallest absolute Gasteiger partial charge is 0.367 e. The Bertz CT molecular complexity index is 533. The van der Waals surface area contributed by atoms with E-state index >= 15 is 0 Å². The third kappa shape index (κ3) is 2.19. The predicted octanol–water partition coefficient (Wildman–Crippen LogP) is 2.37. The van der Waals surface area contributed by atoms with E-state index in [1.165, 1.54) is 0 Å². The number of hydrogen-bond acceptors (Lipinski definition) is 4. The Kier molecular flexibility index (Phi) is 2.75. The summed E-state index contributed by atoms with van der Waals surface area (Å²) in [5, 5.41) is 9.88. The predicted molar refractivity (Wildman–Crippen MR) is 65.3 cm³/mol. The molecule has 0 amide bonds. The van der Waals surface area contributed by atoms with Crippen LogP contribution in [0.1, 0.15) is 5.56 Å². The molecule has 0 bridgehead atoms. The van der Waals surface area contributed by atoms with Crippen molar-refractivity contribution in [1.29, 1.82) is 5.41 Å². The summed E-state index contributed by atoms with van der Waals surface area (Å²) >= 11 is 4.30. The highest BCUT2D eigenvalue weighted by atomic mass is 32.1. The van der Waals surface area contributed by atoms with Crippen LogP contribution in [0.5, 0.6) is 0 Å². The van der Waals surface area contributed by atoms with Gasteiger partial charge in [-0.05, 0) is 35.0 Å². The number of fused-ring (bicyclic) bond motifs is 1. The monoisotopic (exact) mass is 238 g/mol. The van der Waals surface area contributed by atoms with Gasteiger partial charge in [0, 0.05) is 10.3 Å². The van der Waals surface area contributed by atoms with Gasteiger partial charge in [-0.15, -0.1) is 11.3 Å². The fourth-order valence-corrected chi connectivity index (χ4v) is 2.13. The highest BCUT2D eigenvalue weighted by Gasteiger charge is 2.10. The van der Waals surface area contributed by atoms with Crippen molar-refractivity contribution in [2.24, 2.45) is 0 Å². The molecule has 15 heavy (non-hydrogen) atoms. The lowest BCUT2D eigenvalue weighted by molar-refractivity contribution is 0.224. The van der Waals surface area contributed by atoms with E-state index in [9.17, 15) is 4.79 Å². The van der Waals surface area contributed by atoms with E-state index in [1.54, 1.807) is 17.4 Å². The van der Waals surface area contributed by atoms with Crippen LogP contribution in [0.4, 0.5) is 4.79 Å². The Labute approximate surface area is 95.6 Å². The Balaban J connectivity index is 2.35. The van der Waals surface area contributed by atoms with Crippen LogP contribution >= 0.6 is 11.3 Å². The van der Waals surface area contributed by atoms with Gasteiger partial charge in [0.15, 0.2) is 0 Å². The lowest BCUT2D eigenvalue weighted by Crippen LogP contribution is -2.08. The van der Waals surface area contributed by atoms with Gasteiger partial charge in [0.25, 0.3) is 0 Å². The Morgan fingerprint density at radius 1 is 1.40 bits per heavy atom. The zero-order valence-electron chi connectivity index (χ0n) is 7.61. The van der Waals surface area contributed by atoms with Crippen LogP contribution in [0.3, 0.4) is 0 Å². The first kappa shape index (κ1) is 10.2. The number of hydrogen-bond donors (Lipinski definition) is 1. The molecule has 76 valence electrons. The number of thiophene rings is 1. The molecule has 0 aliphatic rings. The first-order valence-corrected chi connectivity index (χ1v) is 5.54. The summed E-state index contributed by atoms with van der Waals surface area (Å²) in [6.07, 6.45) is 0. The van der Waals surface area contributed by atoms with Gasteiger partial charge in [0.2, 0.25) is 5.90 Å². The third-order valence-electron chi connectivity index (χ3n) is 1.91. The highest BCUT2D eigenvalue weighted by molar-refractivity contribution is 7.76. The van der Waals surface area contributed by atoms with Crippen LogP contribution in [0.2, 0.25) is 0 Å². The maximum Gasteiger partial charge on any atom is 0.527 e. The highest BCUT2D eigenvalue weighted by Crippen LogP contribution is 2.21. The summed E-state index contributed by atoms with van der Waals surface area (Å²) in [5.41, 5.74) is 0.590. The molecule has 2 aromatic rings. The zero-order valence-corrected chi connectivity index (χ0v) is 9.43. The van der Waals surface area contributed by atoms with Crippen molar-refractivity contribution in [3.63, 3.8) is 0 Å². The summed E-state index contributed by atoms with van der Waals surface area (Å²) in [7, 11) is 0. The van der Waals surface area contributed by atoms with Crippen LogP contribution in [0, 0.1) is 5.41 Å². The molecule has 2 rings (SSSR count). The minimum atomic E-state index is -0.662. The summed E-state index contributed by atoms with van der Waals surface area (Å²) < 4.78 is 5.77. The second-order valence-electron chi connectivity index (χ2n) is 2.89. The molecule has 0 saturated heterocycles. The van der Waals surface area contributed by atoms with Crippen molar-refractivity contribution in [3.05, 3.63) is 35.2 Å². The molecule has 3 nitrogen and oxygen atoms in total. The van der Waals surface area contributed by atoms with E-state index in [0.717, 1.165) is 10.1 Å². The molecule has 0 atom stereocenters. The van der Waals surface area contributed by atoms with Crippen LogP contribution in [-0.2, 0) is 17.4 Å². The minimum Gasteiger partial charge on any atom is -0.367 e. The molecule has 0 radical (unpaired) electrons. The van der Waals surface area contributed by atoms with Gasteiger partial charge in [0.1, 0.15) is 0 Å². The van der Waals surface area contributed by atoms with Crippen molar-refractivity contribution in [2.45, 2.75) is 0 Å². The largest absolute Gasteiger partial charge is 0.527 e. The van der Waals surface area contributed by atoms with E-state index in [1.807, 2.05) is 23.6 Å². The van der Waals surface area contributed by atoms with Crippen LogP contribution in [-0.4, -0.2) is 11.2 Å². The molecule has 1 aromatic heterocycles. The van der Waals surface area contributed by atoms with E-state index < -0.39 is 5.30 Å². The number of carbonyl (C=O) groups is 1. The first-order chi connectivity index (χ1) is 7.16. The second-order valence-corrected chi connectivity index (χ2v) is 4.25. The fraction of sp³-hybridized carbons (Fsp3) is 0. The lowest BCUT2D eigenvalue weighted by Gasteiger charge is -2.00. The number of ether oxygens (including phenoxy) is 1. The van der Waals surface area contributed by atoms with Gasteiger partial charge in [0.05, 0.1) is 12.6 Å². The summed E-state index contributed by atoms with van der Waals surface area (Å²) in [6.45, 7) is 0. The number of benzene rings is 1. The molecule has 0 aliphatic heterocycles. The first-order valence-electron chi connectivity index (χ1n) is 4.16. The fourth-order valence-electron chi connectivity index (χ4n) is 1.26. The van der Waals surface area contributed by atoms with Gasteiger partial charge in [-0.1, -0.05) is 0 Å². The van der Waals surface area contributed by atoms with E-state index in [2.05, 4.69) is 17.4 Å². The van der Waals surface area contributed by atoms with Gasteiger partial charge < -0.3 is 4.74 Å². The average Bonchev–Trinajstić information content (AvgIpc) is 2.62. The maximum absolute atomic E-state index is 10.6. The average molecular weight is 238 g/mol. The molecule has 0 fully saturated rings. The van der Waals surface area contributed by atoms with E-state index in [0.29, 0.717) is 5.56 Å². The van der Waals surface area contributed by atoms with Gasteiger partial charge >= 0.3 is 5.30 Å². The number of rotatable bonds is 1. The topological polar surface area (TPSA) is 50.1 Å². The molecule has 0 spiro atoms. The van der Waals surface area contributed by atoms with Crippen LogP contribution in [0.15, 0.2) is 29.6 Å². The molecular weight excluding hydrogens is 230 g/mol. The number of nitrogens with one attached hydrogen (secondary N) is 1. The summed E-state index contributed by atoms with van der Waals surface area (Å²) in [6, 6.07) is 7.46. The lowest BCUT2D eigenvalue weighted by atomic mass is 10.2. The molecule has 0 aliphatic carbocycles. The Morgan fingerprint density at radius 3 is 2.93 bits per heavy atom. The molecule has 0 saturated carbocycles. The van der Waals surface area contributed by atoms with Crippen molar-refractivity contribution >= 4 is 45.3 Å². The van der Waals surface area contributed by atoms with Gasteiger partial charge in [-0.3, -0.25) is 5.41 Å². The maximum atomic E-state index is 10.6. The van der Waals surface area contributed by atoms with E-state index in [4.69, 9.17) is 5.41 Å². The van der Waals surface area contributed by atoms with Gasteiger partial charge in [-0.2, -0.15) is 4.79 Å². The molecule has 1 aromatic carbocycles. The molecule has 1 N–H and O–H groups in total. The number of carbonyl (C=O) groups excluding carboxylic acids is 1. The molecule has 1 heterocycles. The van der Waals surface area contributed by atoms with Crippen molar-refractivity contribution < 1.29 is 9.53 Å². The van der Waals surface area contributed by atoms with E-state index in [-0.39, 0.29) is 5.90 Å². The molecular formula is C10H8NO2S2+. The second kappa shape index (κ2) is 4.04. The Morgan fingerprint density at radius 2 is 2.20 bits per heavy atom. The van der Waals surface area contributed by atoms with Crippen LogP contribution in [0.25, 0.3) is 10.1 Å².